The molecule has 0 saturated carbocycles. The number of hydrogen-bond donors (Lipinski definition) is 0. The van der Waals surface area contributed by atoms with E-state index in [0.29, 0.717) is 5.17 Å². The van der Waals surface area contributed by atoms with E-state index in [4.69, 9.17) is 0 Å². The van der Waals surface area contributed by atoms with E-state index in [1.165, 1.54) is 11.8 Å². The van der Waals surface area contributed by atoms with Crippen LogP contribution in [0.2, 0.25) is 0 Å². The summed E-state index contributed by atoms with van der Waals surface area (Å²) < 4.78 is 24.1. The number of benzene rings is 1. The number of hydrogen-bond acceptors (Lipinski definition) is 4. The largest absolute Gasteiger partial charge is 0.315 e. The number of aryl methyl sites for hydroxylation is 2. The van der Waals surface area contributed by atoms with Crippen molar-refractivity contribution in [1.29, 1.82) is 0 Å². The fourth-order valence-electron chi connectivity index (χ4n) is 3.05. The normalized spacial score (nSPS) is 27.0. The zero-order chi connectivity index (χ0) is 17.6. The first-order valence-corrected chi connectivity index (χ1v) is 10.7. The summed E-state index contributed by atoms with van der Waals surface area (Å²) in [7, 11) is -3.04. The maximum absolute atomic E-state index is 12.1. The van der Waals surface area contributed by atoms with Crippen LogP contribution in [-0.4, -0.2) is 42.3 Å². The molecule has 130 valence electrons. The van der Waals surface area contributed by atoms with Crippen molar-refractivity contribution >= 4 is 38.4 Å². The number of carbonyl (C=O) groups excluding carboxylic acids is 1. The fourth-order valence-corrected chi connectivity index (χ4v) is 6.96. The molecule has 7 heteroatoms. The van der Waals surface area contributed by atoms with E-state index in [9.17, 15) is 13.2 Å². The minimum absolute atomic E-state index is 0.0615. The van der Waals surface area contributed by atoms with Crippen LogP contribution in [0.4, 0.5) is 5.69 Å². The second kappa shape index (κ2) is 6.19. The van der Waals surface area contributed by atoms with Crippen LogP contribution in [0.3, 0.4) is 0 Å². The Balaban J connectivity index is 2.08. The number of nitrogens with zero attached hydrogens (tertiary/aromatic N) is 2. The molecule has 2 atom stereocenters. The van der Waals surface area contributed by atoms with Crippen molar-refractivity contribution in [3.63, 3.8) is 0 Å². The lowest BCUT2D eigenvalue weighted by Gasteiger charge is -2.26. The molecule has 0 radical (unpaired) electrons. The van der Waals surface area contributed by atoms with E-state index in [2.05, 4.69) is 4.99 Å². The number of rotatable bonds is 2. The Labute approximate surface area is 147 Å². The molecule has 2 saturated heterocycles. The molecule has 2 aliphatic heterocycles. The standard InChI is InChI=1S/C17H22N2O3S2/c1-10(2)16(20)18-17-19(13-7-11(3)5-6-12(13)4)14-8-24(21,22)9-15(14)23-17/h5-7,10,14-15H,8-9H2,1-4H3/t14-,15+/m0/s1. The Morgan fingerprint density at radius 3 is 2.67 bits per heavy atom. The number of sulfone groups is 1. The van der Waals surface area contributed by atoms with Crippen LogP contribution in [0.5, 0.6) is 0 Å². The smallest absolute Gasteiger partial charge is 0.250 e. The second-order valence-corrected chi connectivity index (χ2v) is 10.2. The highest BCUT2D eigenvalue weighted by Gasteiger charge is 2.49. The van der Waals surface area contributed by atoms with Crippen molar-refractivity contribution in [2.24, 2.45) is 10.9 Å². The topological polar surface area (TPSA) is 66.8 Å². The summed E-state index contributed by atoms with van der Waals surface area (Å²) >= 11 is 1.42. The van der Waals surface area contributed by atoms with Gasteiger partial charge in [-0.3, -0.25) is 4.79 Å². The lowest BCUT2D eigenvalue weighted by atomic mass is 10.1. The number of aliphatic imine (C=N–C) groups is 1. The summed E-state index contributed by atoms with van der Waals surface area (Å²) in [5.41, 5.74) is 3.10. The first-order valence-electron chi connectivity index (χ1n) is 8.04. The van der Waals surface area contributed by atoms with Gasteiger partial charge in [0.2, 0.25) is 0 Å². The molecular weight excluding hydrogens is 344 g/mol. The number of amidine groups is 1. The number of amides is 1. The van der Waals surface area contributed by atoms with Crippen LogP contribution in [0.25, 0.3) is 0 Å². The number of thioether (sulfide) groups is 1. The van der Waals surface area contributed by atoms with Gasteiger partial charge in [-0.2, -0.15) is 4.99 Å². The predicted molar refractivity (Wildman–Crippen MR) is 99.5 cm³/mol. The first-order chi connectivity index (χ1) is 11.2. The molecule has 2 heterocycles. The first kappa shape index (κ1) is 17.5. The maximum Gasteiger partial charge on any atom is 0.250 e. The molecule has 2 aliphatic rings. The van der Waals surface area contributed by atoms with Gasteiger partial charge in [0.1, 0.15) is 0 Å². The Bertz CT molecular complexity index is 815. The zero-order valence-electron chi connectivity index (χ0n) is 14.3. The zero-order valence-corrected chi connectivity index (χ0v) is 15.9. The van der Waals surface area contributed by atoms with Crippen LogP contribution in [0.15, 0.2) is 23.2 Å². The summed E-state index contributed by atoms with van der Waals surface area (Å²) in [4.78, 5) is 18.4. The molecule has 0 N–H and O–H groups in total. The van der Waals surface area contributed by atoms with Gasteiger partial charge >= 0.3 is 0 Å². The van der Waals surface area contributed by atoms with Crippen molar-refractivity contribution in [2.45, 2.75) is 39.0 Å². The van der Waals surface area contributed by atoms with Crippen molar-refractivity contribution in [1.82, 2.24) is 0 Å². The van der Waals surface area contributed by atoms with Gasteiger partial charge < -0.3 is 4.90 Å². The van der Waals surface area contributed by atoms with E-state index in [-0.39, 0.29) is 34.6 Å². The summed E-state index contributed by atoms with van der Waals surface area (Å²) in [5, 5.41) is 0.570. The van der Waals surface area contributed by atoms with Crippen molar-refractivity contribution < 1.29 is 13.2 Å². The molecule has 1 aromatic rings. The van der Waals surface area contributed by atoms with Gasteiger partial charge in [-0.05, 0) is 31.0 Å². The Kier molecular flexibility index (Phi) is 4.51. The highest BCUT2D eigenvalue weighted by Crippen LogP contribution is 2.42. The van der Waals surface area contributed by atoms with Crippen molar-refractivity contribution in [2.75, 3.05) is 16.4 Å². The molecule has 24 heavy (non-hydrogen) atoms. The molecule has 3 rings (SSSR count). The minimum Gasteiger partial charge on any atom is -0.315 e. The van der Waals surface area contributed by atoms with E-state index >= 15 is 0 Å². The summed E-state index contributed by atoms with van der Waals surface area (Å²) in [5.74, 6) is -0.0794. The summed E-state index contributed by atoms with van der Waals surface area (Å²) in [6.45, 7) is 7.64. The predicted octanol–water partition coefficient (Wildman–Crippen LogP) is 2.56. The number of anilines is 1. The molecule has 0 aromatic heterocycles. The van der Waals surface area contributed by atoms with Gasteiger partial charge in [0.05, 0.1) is 17.5 Å². The van der Waals surface area contributed by atoms with Crippen LogP contribution >= 0.6 is 11.8 Å². The summed E-state index contributed by atoms with van der Waals surface area (Å²) in [6, 6.07) is 5.94. The summed E-state index contributed by atoms with van der Waals surface area (Å²) in [6.07, 6.45) is 0. The fraction of sp³-hybridized carbons (Fsp3) is 0.529. The molecule has 0 unspecified atom stereocenters. The molecule has 2 fully saturated rings. The number of fused-ring (bicyclic) bond motifs is 1. The molecular formula is C17H22N2O3S2. The average molecular weight is 367 g/mol. The van der Waals surface area contributed by atoms with Crippen LogP contribution < -0.4 is 4.90 Å². The lowest BCUT2D eigenvalue weighted by molar-refractivity contribution is -0.120. The Hall–Kier alpha value is -1.34. The average Bonchev–Trinajstić information content (AvgIpc) is 2.92. The SMILES string of the molecule is Cc1ccc(C)c(N2C(=NC(=O)C(C)C)S[C@@H]3CS(=O)(=O)C[C@@H]32)c1. The Morgan fingerprint density at radius 2 is 2.00 bits per heavy atom. The molecule has 5 nitrogen and oxygen atoms in total. The molecule has 1 aromatic carbocycles. The van der Waals surface area contributed by atoms with Crippen LogP contribution in [0, 0.1) is 19.8 Å². The van der Waals surface area contributed by atoms with Gasteiger partial charge in [0.25, 0.3) is 5.91 Å². The van der Waals surface area contributed by atoms with Crippen molar-refractivity contribution in [3.05, 3.63) is 29.3 Å². The molecule has 0 bridgehead atoms. The lowest BCUT2D eigenvalue weighted by Crippen LogP contribution is -2.38. The van der Waals surface area contributed by atoms with Gasteiger partial charge in [0, 0.05) is 16.9 Å². The quantitative estimate of drug-likeness (QED) is 0.805. The molecule has 1 amide bonds. The monoisotopic (exact) mass is 366 g/mol. The minimum atomic E-state index is -3.04. The van der Waals surface area contributed by atoms with E-state index < -0.39 is 9.84 Å². The van der Waals surface area contributed by atoms with E-state index in [0.717, 1.165) is 16.8 Å². The third-order valence-corrected chi connectivity index (χ3v) is 7.60. The third kappa shape index (κ3) is 3.24. The third-order valence-electron chi connectivity index (χ3n) is 4.39. The number of carbonyl (C=O) groups is 1. The highest BCUT2D eigenvalue weighted by molar-refractivity contribution is 8.16. The second-order valence-electron chi connectivity index (χ2n) is 6.85. The Morgan fingerprint density at radius 1 is 1.29 bits per heavy atom. The van der Waals surface area contributed by atoms with Crippen molar-refractivity contribution in [3.8, 4) is 0 Å². The van der Waals surface area contributed by atoms with Gasteiger partial charge in [-0.25, -0.2) is 8.42 Å². The van der Waals surface area contributed by atoms with Gasteiger partial charge in [-0.15, -0.1) is 0 Å². The molecule has 0 spiro atoms. The van der Waals surface area contributed by atoms with Gasteiger partial charge in [0.15, 0.2) is 15.0 Å². The van der Waals surface area contributed by atoms with E-state index in [1.807, 2.05) is 50.8 Å². The highest BCUT2D eigenvalue weighted by atomic mass is 32.2. The van der Waals surface area contributed by atoms with Crippen LogP contribution in [0.1, 0.15) is 25.0 Å². The molecule has 0 aliphatic carbocycles. The van der Waals surface area contributed by atoms with Gasteiger partial charge in [-0.1, -0.05) is 37.7 Å². The van der Waals surface area contributed by atoms with E-state index in [1.54, 1.807) is 0 Å². The maximum atomic E-state index is 12.1. The van der Waals surface area contributed by atoms with Crippen LogP contribution in [-0.2, 0) is 14.6 Å².